The van der Waals surface area contributed by atoms with Crippen LogP contribution in [0.5, 0.6) is 11.5 Å². The summed E-state index contributed by atoms with van der Waals surface area (Å²) in [5.41, 5.74) is 1.67. The number of hydrogen-bond acceptors (Lipinski definition) is 5. The minimum atomic E-state index is -1.31. The Bertz CT molecular complexity index is 1540. The molecular weight excluding hydrogens is 558 g/mol. The maximum atomic E-state index is 13.9. The Labute approximate surface area is 239 Å². The Morgan fingerprint density at radius 2 is 1.61 bits per heavy atom. The maximum absolute atomic E-state index is 13.9. The zero-order valence-corrected chi connectivity index (χ0v) is 23.8. The number of aromatic nitrogens is 2. The van der Waals surface area contributed by atoms with E-state index in [1.165, 1.54) is 23.9 Å². The van der Waals surface area contributed by atoms with Gasteiger partial charge in [0.05, 0.1) is 32.5 Å². The third-order valence-corrected chi connectivity index (χ3v) is 7.61. The average Bonchev–Trinajstić information content (AvgIpc) is 3.38. The molecule has 0 aliphatic heterocycles. The number of benzene rings is 3. The van der Waals surface area contributed by atoms with Crippen LogP contribution in [0.15, 0.2) is 66.0 Å². The van der Waals surface area contributed by atoms with Gasteiger partial charge in [0.25, 0.3) is 0 Å². The molecule has 0 spiro atoms. The van der Waals surface area contributed by atoms with E-state index in [2.05, 4.69) is 10.3 Å². The Balaban J connectivity index is 1.54. The van der Waals surface area contributed by atoms with Crippen LogP contribution in [0.2, 0.25) is 0 Å². The number of ether oxygens (including phenoxy) is 2. The number of methoxy groups -OCH3 is 2. The molecule has 4 aromatic rings. The first-order valence-electron chi connectivity index (χ1n) is 12.6. The second-order valence-electron chi connectivity index (χ2n) is 9.67. The molecule has 1 amide bonds. The standard InChI is InChI=1S/C30H29F4N3O3S/c1-30(2,19-5-10-25(39-3)26(15-19)40-4)27-17-36-29(37(27)21-8-6-20(31)7-9-21)41-12-11-35-28(38)14-18-13-23(33)24(34)16-22(18)32/h5-10,13,15-17H,11-12,14H2,1-4H3,(H,35,38). The summed E-state index contributed by atoms with van der Waals surface area (Å²) < 4.78 is 67.1. The quantitative estimate of drug-likeness (QED) is 0.0977. The maximum Gasteiger partial charge on any atom is 0.224 e. The van der Waals surface area contributed by atoms with E-state index >= 15 is 0 Å². The number of imidazole rings is 1. The van der Waals surface area contributed by atoms with Crippen molar-refractivity contribution in [1.29, 1.82) is 0 Å². The van der Waals surface area contributed by atoms with E-state index in [1.54, 1.807) is 32.5 Å². The molecular formula is C30H29F4N3O3S. The van der Waals surface area contributed by atoms with Crippen molar-refractivity contribution in [2.75, 3.05) is 26.5 Å². The van der Waals surface area contributed by atoms with E-state index in [9.17, 15) is 22.4 Å². The van der Waals surface area contributed by atoms with Crippen LogP contribution in [-0.2, 0) is 16.6 Å². The Morgan fingerprint density at radius 1 is 0.927 bits per heavy atom. The number of hydrogen-bond donors (Lipinski definition) is 1. The molecule has 0 radical (unpaired) electrons. The SMILES string of the molecule is COc1ccc(C(C)(C)c2cnc(SCCNC(=O)Cc3cc(F)c(F)cc3F)n2-c2ccc(F)cc2)cc1OC. The number of carbonyl (C=O) groups excluding carboxylic acids is 1. The summed E-state index contributed by atoms with van der Waals surface area (Å²) in [5, 5.41) is 3.27. The van der Waals surface area contributed by atoms with Gasteiger partial charge < -0.3 is 14.8 Å². The molecule has 0 aliphatic carbocycles. The summed E-state index contributed by atoms with van der Waals surface area (Å²) in [6, 6.07) is 12.8. The summed E-state index contributed by atoms with van der Waals surface area (Å²) in [5.74, 6) is -2.83. The first-order valence-corrected chi connectivity index (χ1v) is 13.6. The lowest BCUT2D eigenvalue weighted by Gasteiger charge is -2.28. The van der Waals surface area contributed by atoms with Gasteiger partial charge in [-0.1, -0.05) is 31.7 Å². The van der Waals surface area contributed by atoms with Gasteiger partial charge in [0.1, 0.15) is 11.6 Å². The van der Waals surface area contributed by atoms with Gasteiger partial charge in [0.2, 0.25) is 5.91 Å². The van der Waals surface area contributed by atoms with Gasteiger partial charge in [-0.25, -0.2) is 22.5 Å². The monoisotopic (exact) mass is 587 g/mol. The molecule has 1 N–H and O–H groups in total. The van der Waals surface area contributed by atoms with Crippen molar-refractivity contribution < 1.29 is 31.8 Å². The first-order chi connectivity index (χ1) is 19.5. The van der Waals surface area contributed by atoms with Crippen molar-refractivity contribution in [2.24, 2.45) is 0 Å². The third kappa shape index (κ3) is 6.67. The van der Waals surface area contributed by atoms with E-state index in [4.69, 9.17) is 9.47 Å². The topological polar surface area (TPSA) is 65.4 Å². The van der Waals surface area contributed by atoms with Gasteiger partial charge in [-0.3, -0.25) is 9.36 Å². The number of carbonyl (C=O) groups is 1. The molecule has 41 heavy (non-hydrogen) atoms. The number of amides is 1. The zero-order valence-electron chi connectivity index (χ0n) is 22.9. The van der Waals surface area contributed by atoms with Gasteiger partial charge in [0.15, 0.2) is 28.3 Å². The number of halogens is 4. The van der Waals surface area contributed by atoms with Crippen LogP contribution in [0.25, 0.3) is 5.69 Å². The smallest absolute Gasteiger partial charge is 0.224 e. The normalized spacial score (nSPS) is 11.4. The predicted molar refractivity (Wildman–Crippen MR) is 149 cm³/mol. The van der Waals surface area contributed by atoms with E-state index in [0.717, 1.165) is 11.3 Å². The minimum Gasteiger partial charge on any atom is -0.493 e. The molecule has 0 fully saturated rings. The third-order valence-electron chi connectivity index (χ3n) is 6.66. The highest BCUT2D eigenvalue weighted by Crippen LogP contribution is 2.39. The van der Waals surface area contributed by atoms with Crippen LogP contribution in [-0.4, -0.2) is 42.0 Å². The van der Waals surface area contributed by atoms with Crippen LogP contribution in [0.3, 0.4) is 0 Å². The summed E-state index contributed by atoms with van der Waals surface area (Å²) in [7, 11) is 3.14. The van der Waals surface area contributed by atoms with E-state index in [1.807, 2.05) is 36.6 Å². The summed E-state index contributed by atoms with van der Waals surface area (Å²) >= 11 is 1.36. The fourth-order valence-electron chi connectivity index (χ4n) is 4.36. The summed E-state index contributed by atoms with van der Waals surface area (Å²) in [6.07, 6.45) is 1.33. The molecule has 1 aromatic heterocycles. The molecule has 0 unspecified atom stereocenters. The summed E-state index contributed by atoms with van der Waals surface area (Å²) in [6.45, 7) is 4.29. The molecule has 0 saturated carbocycles. The van der Waals surface area contributed by atoms with Gasteiger partial charge in [0, 0.05) is 35.0 Å². The molecule has 216 valence electrons. The van der Waals surface area contributed by atoms with Gasteiger partial charge in [-0.15, -0.1) is 0 Å². The number of rotatable bonds is 11. The van der Waals surface area contributed by atoms with Gasteiger partial charge in [-0.2, -0.15) is 0 Å². The lowest BCUT2D eigenvalue weighted by molar-refractivity contribution is -0.120. The first kappa shape index (κ1) is 30.0. The van der Waals surface area contributed by atoms with E-state index in [-0.39, 0.29) is 17.9 Å². The Kier molecular flexibility index (Phi) is 9.27. The van der Waals surface area contributed by atoms with Gasteiger partial charge >= 0.3 is 0 Å². The highest BCUT2D eigenvalue weighted by molar-refractivity contribution is 7.99. The van der Waals surface area contributed by atoms with Crippen LogP contribution >= 0.6 is 11.8 Å². The average molecular weight is 588 g/mol. The molecule has 11 heteroatoms. The fraction of sp³-hybridized carbons (Fsp3) is 0.267. The van der Waals surface area contributed by atoms with Crippen molar-refractivity contribution in [2.45, 2.75) is 30.8 Å². The molecule has 4 rings (SSSR count). The second-order valence-corrected chi connectivity index (χ2v) is 10.7. The summed E-state index contributed by atoms with van der Waals surface area (Å²) in [4.78, 5) is 16.9. The predicted octanol–water partition coefficient (Wildman–Crippen LogP) is 6.22. The van der Waals surface area contributed by atoms with Crippen LogP contribution in [0.1, 0.15) is 30.7 Å². The second kappa shape index (κ2) is 12.7. The molecule has 0 bridgehead atoms. The molecule has 0 aliphatic rings. The van der Waals surface area contributed by atoms with Crippen LogP contribution in [0, 0.1) is 23.3 Å². The Hall–Kier alpha value is -3.99. The lowest BCUT2D eigenvalue weighted by Crippen LogP contribution is -2.28. The van der Waals surface area contributed by atoms with Crippen molar-refractivity contribution in [3.63, 3.8) is 0 Å². The highest BCUT2D eigenvalue weighted by atomic mass is 32.2. The van der Waals surface area contributed by atoms with E-state index < -0.39 is 35.2 Å². The van der Waals surface area contributed by atoms with Crippen molar-refractivity contribution in [3.05, 3.63) is 101 Å². The fourth-order valence-corrected chi connectivity index (χ4v) is 5.20. The molecule has 1 heterocycles. The van der Waals surface area contributed by atoms with Crippen molar-refractivity contribution >= 4 is 17.7 Å². The molecule has 0 atom stereocenters. The number of nitrogens with zero attached hydrogens (tertiary/aromatic N) is 2. The molecule has 3 aromatic carbocycles. The number of nitrogens with one attached hydrogen (secondary N) is 1. The number of thioether (sulfide) groups is 1. The minimum absolute atomic E-state index is 0.208. The lowest BCUT2D eigenvalue weighted by atomic mass is 9.81. The largest absolute Gasteiger partial charge is 0.493 e. The molecule has 0 saturated heterocycles. The molecule has 6 nitrogen and oxygen atoms in total. The van der Waals surface area contributed by atoms with Crippen LogP contribution < -0.4 is 14.8 Å². The van der Waals surface area contributed by atoms with Crippen molar-refractivity contribution in [1.82, 2.24) is 14.9 Å². The van der Waals surface area contributed by atoms with Gasteiger partial charge in [-0.05, 0) is 48.0 Å². The van der Waals surface area contributed by atoms with Crippen LogP contribution in [0.4, 0.5) is 17.6 Å². The van der Waals surface area contributed by atoms with Crippen molar-refractivity contribution in [3.8, 4) is 17.2 Å². The zero-order chi connectivity index (χ0) is 29.7. The van der Waals surface area contributed by atoms with E-state index in [0.29, 0.717) is 40.2 Å². The Morgan fingerprint density at radius 3 is 2.29 bits per heavy atom. The highest BCUT2D eigenvalue weighted by Gasteiger charge is 2.30.